The molecular formula is C13H17NO3. The summed E-state index contributed by atoms with van der Waals surface area (Å²) >= 11 is 0. The van der Waals surface area contributed by atoms with E-state index in [0.717, 1.165) is 24.8 Å². The number of hydrogen-bond acceptors (Lipinski definition) is 2. The first kappa shape index (κ1) is 11.9. The third kappa shape index (κ3) is 2.58. The molecule has 0 atom stereocenters. The molecule has 2 N–H and O–H groups in total. The molecule has 1 heterocycles. The summed E-state index contributed by atoms with van der Waals surface area (Å²) in [6.45, 7) is 1.25. The standard InChI is InChI=1S/C13H17NO3/c15-8-2-5-10-3-1-4-11-9-14(13(16)17)7-6-12(10)11/h1,3-4,15H,2,5-9H2,(H,16,17). The fraction of sp³-hybridized carbons (Fsp3) is 0.462. The second-order valence-corrected chi connectivity index (χ2v) is 4.34. The van der Waals surface area contributed by atoms with Crippen molar-refractivity contribution in [1.29, 1.82) is 0 Å². The van der Waals surface area contributed by atoms with Crippen molar-refractivity contribution in [3.8, 4) is 0 Å². The van der Waals surface area contributed by atoms with E-state index in [4.69, 9.17) is 10.2 Å². The highest BCUT2D eigenvalue weighted by atomic mass is 16.4. The van der Waals surface area contributed by atoms with Gasteiger partial charge in [-0.1, -0.05) is 18.2 Å². The number of nitrogens with zero attached hydrogens (tertiary/aromatic N) is 1. The van der Waals surface area contributed by atoms with Gasteiger partial charge in [0.2, 0.25) is 0 Å². The smallest absolute Gasteiger partial charge is 0.407 e. The highest BCUT2D eigenvalue weighted by Crippen LogP contribution is 2.23. The average molecular weight is 235 g/mol. The number of hydrogen-bond donors (Lipinski definition) is 2. The fourth-order valence-electron chi connectivity index (χ4n) is 2.36. The molecule has 17 heavy (non-hydrogen) atoms. The Hall–Kier alpha value is -1.55. The van der Waals surface area contributed by atoms with E-state index < -0.39 is 6.09 Å². The van der Waals surface area contributed by atoms with E-state index in [2.05, 4.69) is 6.07 Å². The molecule has 92 valence electrons. The zero-order chi connectivity index (χ0) is 12.3. The molecule has 1 aromatic rings. The predicted molar refractivity (Wildman–Crippen MR) is 64.0 cm³/mol. The first-order chi connectivity index (χ1) is 8.22. The largest absolute Gasteiger partial charge is 0.465 e. The van der Waals surface area contributed by atoms with Gasteiger partial charge in [-0.05, 0) is 36.0 Å². The third-order valence-electron chi connectivity index (χ3n) is 3.24. The SMILES string of the molecule is O=C(O)N1CCc2c(CCCO)cccc2C1. The van der Waals surface area contributed by atoms with Crippen molar-refractivity contribution in [3.05, 3.63) is 34.9 Å². The molecule has 0 aromatic heterocycles. The molecule has 2 rings (SSSR count). The molecule has 0 spiro atoms. The second kappa shape index (κ2) is 5.19. The fourth-order valence-corrected chi connectivity index (χ4v) is 2.36. The van der Waals surface area contributed by atoms with Gasteiger partial charge >= 0.3 is 6.09 Å². The molecule has 4 nitrogen and oxygen atoms in total. The summed E-state index contributed by atoms with van der Waals surface area (Å²) in [5.41, 5.74) is 3.63. The minimum absolute atomic E-state index is 0.199. The van der Waals surface area contributed by atoms with Gasteiger partial charge in [0.05, 0.1) is 0 Å². The molecule has 1 aliphatic rings. The highest BCUT2D eigenvalue weighted by molar-refractivity contribution is 5.65. The number of aliphatic hydroxyl groups is 1. The van der Waals surface area contributed by atoms with Gasteiger partial charge in [0, 0.05) is 19.7 Å². The Balaban J connectivity index is 2.19. The van der Waals surface area contributed by atoms with Gasteiger partial charge in [0.25, 0.3) is 0 Å². The maximum Gasteiger partial charge on any atom is 0.407 e. The molecule has 0 radical (unpaired) electrons. The highest BCUT2D eigenvalue weighted by Gasteiger charge is 2.21. The van der Waals surface area contributed by atoms with E-state index >= 15 is 0 Å². The molecule has 0 bridgehead atoms. The molecule has 1 aromatic carbocycles. The van der Waals surface area contributed by atoms with Crippen LogP contribution in [0.15, 0.2) is 18.2 Å². The van der Waals surface area contributed by atoms with E-state index in [1.165, 1.54) is 16.0 Å². The first-order valence-electron chi connectivity index (χ1n) is 5.90. The lowest BCUT2D eigenvalue weighted by Crippen LogP contribution is -2.35. The lowest BCUT2D eigenvalue weighted by atomic mass is 9.92. The Morgan fingerprint density at radius 2 is 2.24 bits per heavy atom. The maximum atomic E-state index is 10.9. The van der Waals surface area contributed by atoms with Crippen LogP contribution in [0, 0.1) is 0 Å². The van der Waals surface area contributed by atoms with Crippen LogP contribution in [0.3, 0.4) is 0 Å². The number of benzene rings is 1. The van der Waals surface area contributed by atoms with Crippen LogP contribution in [-0.4, -0.2) is 34.4 Å². The van der Waals surface area contributed by atoms with Crippen LogP contribution >= 0.6 is 0 Å². The number of carbonyl (C=O) groups is 1. The van der Waals surface area contributed by atoms with Crippen molar-refractivity contribution in [2.45, 2.75) is 25.8 Å². The van der Waals surface area contributed by atoms with Gasteiger partial charge in [-0.2, -0.15) is 0 Å². The first-order valence-corrected chi connectivity index (χ1v) is 5.90. The number of rotatable bonds is 3. The molecule has 0 saturated heterocycles. The van der Waals surface area contributed by atoms with Crippen LogP contribution in [0.25, 0.3) is 0 Å². The molecule has 0 fully saturated rings. The maximum absolute atomic E-state index is 10.9. The lowest BCUT2D eigenvalue weighted by molar-refractivity contribution is 0.140. The quantitative estimate of drug-likeness (QED) is 0.837. The zero-order valence-electron chi connectivity index (χ0n) is 9.72. The van der Waals surface area contributed by atoms with Gasteiger partial charge in [-0.3, -0.25) is 0 Å². The summed E-state index contributed by atoms with van der Waals surface area (Å²) in [7, 11) is 0. The van der Waals surface area contributed by atoms with Crippen molar-refractivity contribution in [1.82, 2.24) is 4.90 Å². The normalized spacial score (nSPS) is 14.5. The molecule has 1 amide bonds. The van der Waals surface area contributed by atoms with Crippen LogP contribution < -0.4 is 0 Å². The number of carboxylic acid groups (broad SMARTS) is 1. The summed E-state index contributed by atoms with van der Waals surface area (Å²) < 4.78 is 0. The van der Waals surface area contributed by atoms with E-state index in [9.17, 15) is 4.79 Å². The topological polar surface area (TPSA) is 60.8 Å². The zero-order valence-corrected chi connectivity index (χ0v) is 9.72. The van der Waals surface area contributed by atoms with E-state index in [1.54, 1.807) is 0 Å². The van der Waals surface area contributed by atoms with Crippen molar-refractivity contribution in [3.63, 3.8) is 0 Å². The predicted octanol–water partition coefficient (Wildman–Crippen LogP) is 1.65. The van der Waals surface area contributed by atoms with Crippen LogP contribution in [0.1, 0.15) is 23.1 Å². The summed E-state index contributed by atoms with van der Waals surface area (Å²) in [5.74, 6) is 0. The molecule has 0 saturated carbocycles. The Kier molecular flexibility index (Phi) is 3.64. The Morgan fingerprint density at radius 1 is 1.41 bits per heavy atom. The Bertz CT molecular complexity index is 417. The van der Waals surface area contributed by atoms with Gasteiger partial charge in [-0.25, -0.2) is 4.79 Å². The summed E-state index contributed by atoms with van der Waals surface area (Å²) in [6.07, 6.45) is 1.56. The number of amides is 1. The molecule has 0 unspecified atom stereocenters. The Labute approximate surface area is 100 Å². The summed E-state index contributed by atoms with van der Waals surface area (Å²) in [5, 5.41) is 17.8. The van der Waals surface area contributed by atoms with Crippen molar-refractivity contribution in [2.24, 2.45) is 0 Å². The minimum Gasteiger partial charge on any atom is -0.465 e. The van der Waals surface area contributed by atoms with Crippen LogP contribution in [0.2, 0.25) is 0 Å². The van der Waals surface area contributed by atoms with Crippen LogP contribution in [0.5, 0.6) is 0 Å². The van der Waals surface area contributed by atoms with E-state index in [1.807, 2.05) is 12.1 Å². The second-order valence-electron chi connectivity index (χ2n) is 4.34. The average Bonchev–Trinajstić information content (AvgIpc) is 2.35. The van der Waals surface area contributed by atoms with Gasteiger partial charge in [0.1, 0.15) is 0 Å². The van der Waals surface area contributed by atoms with Gasteiger partial charge in [0.15, 0.2) is 0 Å². The van der Waals surface area contributed by atoms with Gasteiger partial charge < -0.3 is 15.1 Å². The molecular weight excluding hydrogens is 218 g/mol. The number of aliphatic hydroxyl groups excluding tert-OH is 1. The summed E-state index contributed by atoms with van der Waals surface area (Å²) in [4.78, 5) is 12.4. The van der Waals surface area contributed by atoms with Crippen molar-refractivity contribution >= 4 is 6.09 Å². The van der Waals surface area contributed by atoms with E-state index in [0.29, 0.717) is 13.1 Å². The Morgan fingerprint density at radius 3 is 2.94 bits per heavy atom. The van der Waals surface area contributed by atoms with Crippen LogP contribution in [0.4, 0.5) is 4.79 Å². The number of fused-ring (bicyclic) bond motifs is 1. The van der Waals surface area contributed by atoms with Crippen molar-refractivity contribution < 1.29 is 15.0 Å². The molecule has 0 aliphatic carbocycles. The summed E-state index contributed by atoms with van der Waals surface area (Å²) in [6, 6.07) is 6.04. The monoisotopic (exact) mass is 235 g/mol. The minimum atomic E-state index is -0.851. The molecule has 1 aliphatic heterocycles. The molecule has 4 heteroatoms. The third-order valence-corrected chi connectivity index (χ3v) is 3.24. The lowest BCUT2D eigenvalue weighted by Gasteiger charge is -2.28. The van der Waals surface area contributed by atoms with Crippen LogP contribution in [-0.2, 0) is 19.4 Å². The number of aryl methyl sites for hydroxylation is 1. The van der Waals surface area contributed by atoms with Gasteiger partial charge in [-0.15, -0.1) is 0 Å². The van der Waals surface area contributed by atoms with Crippen molar-refractivity contribution in [2.75, 3.05) is 13.2 Å². The van der Waals surface area contributed by atoms with E-state index in [-0.39, 0.29) is 6.61 Å².